The van der Waals surface area contributed by atoms with Gasteiger partial charge in [0, 0.05) is 13.1 Å². The number of hydrazine groups is 1. The Bertz CT molecular complexity index is 1370. The first-order valence-electron chi connectivity index (χ1n) is 15.1. The van der Waals surface area contributed by atoms with Gasteiger partial charge in [-0.3, -0.25) is 4.99 Å². The van der Waals surface area contributed by atoms with Gasteiger partial charge < -0.3 is 15.6 Å². The minimum Gasteiger partial charge on any atom is -0.341 e. The van der Waals surface area contributed by atoms with E-state index in [0.29, 0.717) is 29.1 Å². The van der Waals surface area contributed by atoms with Crippen LogP contribution in [0.2, 0.25) is 0 Å². The third-order valence-electron chi connectivity index (χ3n) is 7.31. The summed E-state index contributed by atoms with van der Waals surface area (Å²) in [6, 6.07) is 4.90. The topological polar surface area (TPSA) is 106 Å². The molecule has 1 aliphatic carbocycles. The second kappa shape index (κ2) is 15.3. The number of fused-ring (bicyclic) bond motifs is 1. The third kappa shape index (κ3) is 10.6. The molecule has 4 N–H and O–H groups in total. The van der Waals surface area contributed by atoms with Crippen LogP contribution in [0.3, 0.4) is 0 Å². The Hall–Kier alpha value is -3.47. The van der Waals surface area contributed by atoms with E-state index in [4.69, 9.17) is 0 Å². The predicted molar refractivity (Wildman–Crippen MR) is 177 cm³/mol. The molecular formula is C33H50FN9. The second-order valence-electron chi connectivity index (χ2n) is 12.5. The van der Waals surface area contributed by atoms with Gasteiger partial charge in [0.05, 0.1) is 23.4 Å². The lowest BCUT2D eigenvalue weighted by molar-refractivity contribution is 0.131. The Kier molecular flexibility index (Phi) is 12.1. The molecule has 0 radical (unpaired) electrons. The molecule has 9 nitrogen and oxygen atoms in total. The number of nitrogens with one attached hydrogen (secondary N) is 4. The van der Waals surface area contributed by atoms with Crippen molar-refractivity contribution in [2.45, 2.75) is 78.9 Å². The molecule has 0 spiro atoms. The molecule has 3 aromatic rings. The molecule has 1 saturated carbocycles. The molecule has 5 rings (SSSR count). The fourth-order valence-corrected chi connectivity index (χ4v) is 4.47. The van der Waals surface area contributed by atoms with E-state index in [1.165, 1.54) is 30.7 Å². The number of rotatable bonds is 9. The molecule has 1 unspecified atom stereocenters. The number of anilines is 2. The summed E-state index contributed by atoms with van der Waals surface area (Å²) in [5.74, 6) is 3.47. The van der Waals surface area contributed by atoms with E-state index in [1.54, 1.807) is 6.07 Å². The molecular weight excluding hydrogens is 541 g/mol. The van der Waals surface area contributed by atoms with Gasteiger partial charge in [0.15, 0.2) is 5.65 Å². The summed E-state index contributed by atoms with van der Waals surface area (Å²) in [7, 11) is 1.96. The summed E-state index contributed by atoms with van der Waals surface area (Å²) in [5.41, 5.74) is 7.54. The number of aryl methyl sites for hydroxylation is 1. The minimum atomic E-state index is -0.366. The van der Waals surface area contributed by atoms with Gasteiger partial charge in [-0.1, -0.05) is 45.4 Å². The Morgan fingerprint density at radius 2 is 1.88 bits per heavy atom. The van der Waals surface area contributed by atoms with Crippen LogP contribution >= 0.6 is 0 Å². The molecule has 1 fully saturated rings. The van der Waals surface area contributed by atoms with Crippen LogP contribution in [0.5, 0.6) is 0 Å². The minimum absolute atomic E-state index is 0.120. The van der Waals surface area contributed by atoms with Gasteiger partial charge in [-0.25, -0.2) is 29.8 Å². The van der Waals surface area contributed by atoms with Gasteiger partial charge in [0.25, 0.3) is 0 Å². The van der Waals surface area contributed by atoms with Gasteiger partial charge in [-0.2, -0.15) is 0 Å². The maximum absolute atomic E-state index is 12.9. The summed E-state index contributed by atoms with van der Waals surface area (Å²) in [6.07, 6.45) is 8.47. The quantitative estimate of drug-likeness (QED) is 0.163. The molecule has 0 aromatic carbocycles. The molecule has 0 amide bonds. The molecule has 3 aromatic heterocycles. The fourth-order valence-electron chi connectivity index (χ4n) is 4.47. The first-order chi connectivity index (χ1) is 20.3. The van der Waals surface area contributed by atoms with E-state index < -0.39 is 0 Å². The van der Waals surface area contributed by atoms with Crippen LogP contribution < -0.4 is 16.1 Å². The first kappa shape index (κ1) is 34.0. The smallest absolute Gasteiger partial charge is 0.180 e. The Morgan fingerprint density at radius 3 is 2.40 bits per heavy atom. The monoisotopic (exact) mass is 591 g/mol. The number of imidazole rings is 1. The van der Waals surface area contributed by atoms with Crippen molar-refractivity contribution < 1.29 is 4.39 Å². The highest BCUT2D eigenvalue weighted by atomic mass is 19.1. The lowest BCUT2D eigenvalue weighted by Gasteiger charge is -2.37. The number of aromatic amines is 1. The number of aliphatic imine (C=N–C) groups is 1. The zero-order valence-corrected chi connectivity index (χ0v) is 27.1. The molecule has 43 heavy (non-hydrogen) atoms. The molecule has 0 saturated heterocycles. The Morgan fingerprint density at radius 1 is 1.16 bits per heavy atom. The molecule has 1 atom stereocenters. The van der Waals surface area contributed by atoms with Gasteiger partial charge in [0.1, 0.15) is 23.3 Å². The number of likely N-dealkylation sites (N-methyl/N-ethyl adjacent to an activating group) is 1. The average Bonchev–Trinajstić information content (AvgIpc) is 3.73. The Balaban J connectivity index is 0.000000206. The second-order valence-corrected chi connectivity index (χ2v) is 12.5. The maximum Gasteiger partial charge on any atom is 0.180 e. The van der Waals surface area contributed by atoms with Gasteiger partial charge in [-0.05, 0) is 88.9 Å². The van der Waals surface area contributed by atoms with Crippen molar-refractivity contribution in [1.82, 2.24) is 35.7 Å². The van der Waals surface area contributed by atoms with Crippen molar-refractivity contribution in [2.24, 2.45) is 16.8 Å². The SMILES string of the molecule is C=CC1CC1.C=NC(C)(C)CN1CC(C(C)C)=CC(NC)N1.Cc1nc2nc(Nc3ccc(F)cn3)cc(C(C)C)c2[nH]1. The van der Waals surface area contributed by atoms with Crippen LogP contribution in [-0.2, 0) is 0 Å². The summed E-state index contributed by atoms with van der Waals surface area (Å²) in [4.78, 5) is 20.2. The zero-order valence-electron chi connectivity index (χ0n) is 27.1. The molecule has 234 valence electrons. The van der Waals surface area contributed by atoms with Crippen LogP contribution in [0, 0.1) is 24.6 Å². The zero-order chi connectivity index (χ0) is 31.7. The number of allylic oxidation sites excluding steroid dienone is 1. The van der Waals surface area contributed by atoms with Crippen molar-refractivity contribution >= 4 is 29.5 Å². The van der Waals surface area contributed by atoms with Gasteiger partial charge >= 0.3 is 0 Å². The standard InChI is InChI=1S/C15H16FN5.C13H26N4.C5H8/c1-8(2)11-6-13(20-12-5-4-10(16)7-17-12)21-15-14(11)18-9(3)19-15;1-10(2)11-7-12(14-5)16-17(8-11)9-13(3,4)15-6;1-2-5-3-4-5/h4-8H,1-3H3,(H2,17,18,19,20,21);7,10,12,14,16H,6,8-9H2,1-5H3;2,5H,1,3-4H2. The van der Waals surface area contributed by atoms with E-state index in [-0.39, 0.29) is 17.5 Å². The average molecular weight is 592 g/mol. The van der Waals surface area contributed by atoms with Crippen molar-refractivity contribution in [3.8, 4) is 0 Å². The number of hydrogen-bond acceptors (Lipinski definition) is 8. The highest BCUT2D eigenvalue weighted by molar-refractivity contribution is 5.78. The highest BCUT2D eigenvalue weighted by Crippen LogP contribution is 2.29. The van der Waals surface area contributed by atoms with Crippen LogP contribution in [0.4, 0.5) is 16.0 Å². The first-order valence-corrected chi connectivity index (χ1v) is 15.1. The summed E-state index contributed by atoms with van der Waals surface area (Å²) in [5, 5.41) is 8.56. The highest BCUT2D eigenvalue weighted by Gasteiger charge is 2.25. The number of H-pyrrole nitrogens is 1. The van der Waals surface area contributed by atoms with Crippen molar-refractivity contribution in [1.29, 1.82) is 0 Å². The van der Waals surface area contributed by atoms with Crippen LogP contribution in [0.15, 0.2) is 53.7 Å². The number of halogens is 1. The normalized spacial score (nSPS) is 17.1. The van der Waals surface area contributed by atoms with Gasteiger partial charge in [-0.15, -0.1) is 6.58 Å². The van der Waals surface area contributed by atoms with E-state index in [2.05, 4.69) is 107 Å². The molecule has 0 bridgehead atoms. The van der Waals surface area contributed by atoms with Crippen LogP contribution in [0.25, 0.3) is 11.2 Å². The Labute approximate surface area is 256 Å². The van der Waals surface area contributed by atoms with Crippen molar-refractivity contribution in [2.75, 3.05) is 25.5 Å². The number of hydrogen-bond donors (Lipinski definition) is 4. The van der Waals surface area contributed by atoms with Gasteiger partial charge in [0.2, 0.25) is 0 Å². The molecule has 1 aliphatic heterocycles. The fraction of sp³-hybridized carbons (Fsp3) is 0.515. The predicted octanol–water partition coefficient (Wildman–Crippen LogP) is 6.66. The summed E-state index contributed by atoms with van der Waals surface area (Å²) < 4.78 is 12.9. The lowest BCUT2D eigenvalue weighted by atomic mass is 9.99. The maximum atomic E-state index is 12.9. The van der Waals surface area contributed by atoms with E-state index >= 15 is 0 Å². The van der Waals surface area contributed by atoms with Crippen molar-refractivity contribution in [3.05, 3.63) is 65.9 Å². The van der Waals surface area contributed by atoms with E-state index in [9.17, 15) is 4.39 Å². The number of pyridine rings is 2. The lowest BCUT2D eigenvalue weighted by Crippen LogP contribution is -2.56. The van der Waals surface area contributed by atoms with E-state index in [0.717, 1.165) is 35.9 Å². The summed E-state index contributed by atoms with van der Waals surface area (Å²) >= 11 is 0. The summed E-state index contributed by atoms with van der Waals surface area (Å²) in [6.45, 7) is 23.9. The van der Waals surface area contributed by atoms with Crippen LogP contribution in [0.1, 0.15) is 71.7 Å². The number of nitrogens with zero attached hydrogens (tertiary/aromatic N) is 5. The largest absolute Gasteiger partial charge is 0.341 e. The molecule has 2 aliphatic rings. The van der Waals surface area contributed by atoms with Crippen molar-refractivity contribution in [3.63, 3.8) is 0 Å². The molecule has 4 heterocycles. The number of aromatic nitrogens is 4. The third-order valence-corrected chi connectivity index (χ3v) is 7.31. The van der Waals surface area contributed by atoms with E-state index in [1.807, 2.05) is 26.1 Å². The van der Waals surface area contributed by atoms with Crippen LogP contribution in [-0.4, -0.2) is 63.5 Å². The molecule has 10 heteroatoms.